The average Bonchev–Trinajstić information content (AvgIpc) is 2.09. The Bertz CT molecular complexity index is 465. The average molecular weight is 270 g/mol. The van der Waals surface area contributed by atoms with Crippen molar-refractivity contribution < 1.29 is 17.5 Å². The Morgan fingerprint density at radius 3 is 2.13 bits per heavy atom. The van der Waals surface area contributed by atoms with E-state index in [-0.39, 0.29) is 15.8 Å². The zero-order valence-corrected chi connectivity index (χ0v) is 9.73. The quantitative estimate of drug-likeness (QED) is 0.557. The van der Waals surface area contributed by atoms with Crippen molar-refractivity contribution in [3.8, 4) is 0 Å². The van der Waals surface area contributed by atoms with Gasteiger partial charge in [0.1, 0.15) is 5.71 Å². The molecule has 0 atom stereocenters. The highest BCUT2D eigenvalue weighted by Gasteiger charge is 2.18. The second-order valence-electron chi connectivity index (χ2n) is 2.61. The smallest absolute Gasteiger partial charge is 0.287 e. The minimum atomic E-state index is -3.69. The van der Waals surface area contributed by atoms with Crippen LogP contribution in [0.1, 0.15) is 0 Å². The Morgan fingerprint density at radius 2 is 1.73 bits per heavy atom. The van der Waals surface area contributed by atoms with Crippen molar-refractivity contribution in [3.63, 3.8) is 0 Å². The Kier molecular flexibility index (Phi) is 3.54. The van der Waals surface area contributed by atoms with Crippen LogP contribution >= 0.6 is 23.2 Å². The third kappa shape index (κ3) is 3.65. The number of halogens is 2. The molecule has 0 N–H and O–H groups in total. The van der Waals surface area contributed by atoms with E-state index in [0.29, 0.717) is 0 Å². The fourth-order valence-electron chi connectivity index (χ4n) is 0.710. The van der Waals surface area contributed by atoms with Crippen LogP contribution in [0.3, 0.4) is 0 Å². The van der Waals surface area contributed by atoms with Gasteiger partial charge in [0.15, 0.2) is 0 Å². The highest BCUT2D eigenvalue weighted by Crippen LogP contribution is 2.19. The van der Waals surface area contributed by atoms with Gasteiger partial charge in [0, 0.05) is 0 Å². The molecule has 0 saturated heterocycles. The molecule has 8 heteroatoms. The highest BCUT2D eigenvalue weighted by molar-refractivity contribution is 7.85. The lowest BCUT2D eigenvalue weighted by molar-refractivity contribution is -0.111. The molecule has 0 heterocycles. The van der Waals surface area contributed by atoms with E-state index in [0.717, 1.165) is 18.4 Å². The molecule has 0 aliphatic heterocycles. The van der Waals surface area contributed by atoms with Crippen molar-refractivity contribution in [1.29, 1.82) is 0 Å². The first kappa shape index (κ1) is 12.2. The minimum absolute atomic E-state index is 0.0509. The molecule has 1 aliphatic carbocycles. The maximum Gasteiger partial charge on any atom is 0.325 e. The zero-order chi connectivity index (χ0) is 11.6. The summed E-state index contributed by atoms with van der Waals surface area (Å²) in [6.45, 7) is 0. The monoisotopic (exact) mass is 269 g/mol. The first-order chi connectivity index (χ1) is 6.79. The van der Waals surface area contributed by atoms with Crippen molar-refractivity contribution in [2.75, 3.05) is 6.26 Å². The SMILES string of the molecule is CS(=O)(=O)ON=C1C=C(Cl)C(=O)C(Cl)=C1. The van der Waals surface area contributed by atoms with E-state index in [1.54, 1.807) is 0 Å². The topological polar surface area (TPSA) is 72.8 Å². The van der Waals surface area contributed by atoms with Gasteiger partial charge >= 0.3 is 10.1 Å². The summed E-state index contributed by atoms with van der Waals surface area (Å²) < 4.78 is 25.3. The van der Waals surface area contributed by atoms with Gasteiger partial charge in [-0.25, -0.2) is 0 Å². The number of carbonyl (C=O) groups is 1. The molecule has 5 nitrogen and oxygen atoms in total. The molecule has 1 aliphatic rings. The maximum absolute atomic E-state index is 11.1. The molecule has 0 bridgehead atoms. The van der Waals surface area contributed by atoms with Gasteiger partial charge in [-0.15, -0.1) is 0 Å². The molecule has 82 valence electrons. The number of oxime groups is 1. The van der Waals surface area contributed by atoms with E-state index in [1.165, 1.54) is 0 Å². The molecular weight excluding hydrogens is 265 g/mol. The Balaban J connectivity index is 2.95. The van der Waals surface area contributed by atoms with Crippen LogP contribution < -0.4 is 0 Å². The van der Waals surface area contributed by atoms with Crippen LogP contribution in [-0.4, -0.2) is 26.2 Å². The van der Waals surface area contributed by atoms with Gasteiger partial charge < -0.3 is 0 Å². The fraction of sp³-hybridized carbons (Fsp3) is 0.143. The molecule has 1 rings (SSSR count). The summed E-state index contributed by atoms with van der Waals surface area (Å²) in [5.74, 6) is -0.545. The Morgan fingerprint density at radius 1 is 1.27 bits per heavy atom. The molecule has 0 spiro atoms. The van der Waals surface area contributed by atoms with Crippen molar-refractivity contribution in [3.05, 3.63) is 22.2 Å². The fourth-order valence-corrected chi connectivity index (χ4v) is 1.41. The molecule has 0 amide bonds. The maximum atomic E-state index is 11.1. The Hall–Kier alpha value is -0.850. The van der Waals surface area contributed by atoms with Gasteiger partial charge in [-0.05, 0) is 12.2 Å². The van der Waals surface area contributed by atoms with Crippen LogP contribution in [0.4, 0.5) is 0 Å². The predicted molar refractivity (Wildman–Crippen MR) is 56.2 cm³/mol. The number of ketones is 1. The number of hydrogen-bond acceptors (Lipinski definition) is 5. The van der Waals surface area contributed by atoms with Crippen molar-refractivity contribution >= 4 is 44.8 Å². The molecule has 0 aromatic carbocycles. The largest absolute Gasteiger partial charge is 0.325 e. The predicted octanol–water partition coefficient (Wildman–Crippen LogP) is 1.15. The van der Waals surface area contributed by atoms with E-state index in [2.05, 4.69) is 9.44 Å². The van der Waals surface area contributed by atoms with Gasteiger partial charge in [0.2, 0.25) is 5.78 Å². The molecule has 0 aromatic rings. The number of nitrogens with zero attached hydrogens (tertiary/aromatic N) is 1. The van der Waals surface area contributed by atoms with E-state index in [4.69, 9.17) is 23.2 Å². The van der Waals surface area contributed by atoms with E-state index < -0.39 is 15.9 Å². The number of carbonyl (C=O) groups excluding carboxylic acids is 1. The molecule has 0 aromatic heterocycles. The van der Waals surface area contributed by atoms with Crippen molar-refractivity contribution in [1.82, 2.24) is 0 Å². The molecule has 0 radical (unpaired) electrons. The third-order valence-corrected chi connectivity index (χ3v) is 2.17. The summed E-state index contributed by atoms with van der Waals surface area (Å²) in [4.78, 5) is 11.1. The third-order valence-electron chi connectivity index (χ3n) is 1.26. The van der Waals surface area contributed by atoms with Crippen LogP contribution in [0, 0.1) is 0 Å². The lowest BCUT2D eigenvalue weighted by atomic mass is 10.1. The first-order valence-corrected chi connectivity index (χ1v) is 6.12. The summed E-state index contributed by atoms with van der Waals surface area (Å²) in [7, 11) is -3.69. The van der Waals surface area contributed by atoms with E-state index in [1.807, 2.05) is 0 Å². The van der Waals surface area contributed by atoms with Gasteiger partial charge in [-0.3, -0.25) is 9.08 Å². The highest BCUT2D eigenvalue weighted by atomic mass is 35.5. The summed E-state index contributed by atoms with van der Waals surface area (Å²) >= 11 is 11.0. The second-order valence-corrected chi connectivity index (χ2v) is 4.98. The molecular formula is C7H5Cl2NO4S. The van der Waals surface area contributed by atoms with E-state index in [9.17, 15) is 13.2 Å². The summed E-state index contributed by atoms with van der Waals surface area (Å²) in [5, 5.41) is 2.94. The summed E-state index contributed by atoms with van der Waals surface area (Å²) in [6.07, 6.45) is 3.14. The minimum Gasteiger partial charge on any atom is -0.287 e. The number of Topliss-reactive ketones (excluding diaryl/α,β-unsaturated/α-hetero) is 1. The van der Waals surface area contributed by atoms with Crippen LogP contribution in [0.2, 0.25) is 0 Å². The normalized spacial score (nSPS) is 17.0. The molecule has 0 unspecified atom stereocenters. The lowest BCUT2D eigenvalue weighted by Gasteiger charge is -2.04. The number of hydrogen-bond donors (Lipinski definition) is 0. The van der Waals surface area contributed by atoms with Gasteiger partial charge in [-0.2, -0.15) is 8.42 Å². The van der Waals surface area contributed by atoms with Crippen LogP contribution in [0.25, 0.3) is 0 Å². The van der Waals surface area contributed by atoms with Gasteiger partial charge in [-0.1, -0.05) is 28.4 Å². The van der Waals surface area contributed by atoms with Gasteiger partial charge in [0.05, 0.1) is 16.3 Å². The lowest BCUT2D eigenvalue weighted by Crippen LogP contribution is -2.09. The van der Waals surface area contributed by atoms with Crippen molar-refractivity contribution in [2.24, 2.45) is 5.16 Å². The zero-order valence-electron chi connectivity index (χ0n) is 7.40. The first-order valence-electron chi connectivity index (χ1n) is 3.55. The van der Waals surface area contributed by atoms with Crippen LogP contribution in [0.5, 0.6) is 0 Å². The Labute approximate surface area is 96.1 Å². The standard InChI is InChI=1S/C7H5Cl2NO4S/c1-15(12,13)14-10-4-2-5(8)7(11)6(9)3-4/h2-3H,1H3. The molecule has 0 saturated carbocycles. The number of rotatable bonds is 2. The van der Waals surface area contributed by atoms with Crippen LogP contribution in [0.15, 0.2) is 27.4 Å². The van der Waals surface area contributed by atoms with E-state index >= 15 is 0 Å². The summed E-state index contributed by atoms with van der Waals surface area (Å²) in [5.41, 5.74) is 0.0509. The second kappa shape index (κ2) is 4.34. The van der Waals surface area contributed by atoms with Gasteiger partial charge in [0.25, 0.3) is 0 Å². The molecule has 15 heavy (non-hydrogen) atoms. The number of allylic oxidation sites excluding steroid dienone is 4. The summed E-state index contributed by atoms with van der Waals surface area (Å²) in [6, 6.07) is 0. The molecule has 0 fully saturated rings. The van der Waals surface area contributed by atoms with Crippen molar-refractivity contribution in [2.45, 2.75) is 0 Å². The van der Waals surface area contributed by atoms with Crippen LogP contribution in [-0.2, 0) is 19.2 Å².